The van der Waals surface area contributed by atoms with Gasteiger partial charge in [0.15, 0.2) is 0 Å². The molecular weight excluding hydrogens is 142 g/mol. The van der Waals surface area contributed by atoms with Gasteiger partial charge in [-0.15, -0.1) is 11.8 Å². The topological polar surface area (TPSA) is 12.0 Å². The second kappa shape index (κ2) is 4.67. The predicted octanol–water partition coefficient (Wildman–Crippen LogP) is 2.35. The zero-order chi connectivity index (χ0) is 7.23. The van der Waals surface area contributed by atoms with E-state index in [1.54, 1.807) is 0 Å². The Labute approximate surface area is 67.3 Å². The Morgan fingerprint density at radius 3 is 3.20 bits per heavy atom. The Balaban J connectivity index is 2.12. The molecule has 0 bridgehead atoms. The van der Waals surface area contributed by atoms with Gasteiger partial charge in [0, 0.05) is 12.3 Å². The summed E-state index contributed by atoms with van der Waals surface area (Å²) >= 11 is 1.94. The van der Waals surface area contributed by atoms with Crippen molar-refractivity contribution in [1.82, 2.24) is 5.32 Å². The molecule has 1 saturated heterocycles. The van der Waals surface area contributed by atoms with Crippen LogP contribution in [0, 0.1) is 0 Å². The summed E-state index contributed by atoms with van der Waals surface area (Å²) in [6, 6.07) is 0. The summed E-state index contributed by atoms with van der Waals surface area (Å²) < 4.78 is 0. The van der Waals surface area contributed by atoms with Gasteiger partial charge >= 0.3 is 0 Å². The van der Waals surface area contributed by atoms with E-state index in [0.29, 0.717) is 0 Å². The normalized spacial score (nSPS) is 21.5. The molecule has 0 spiro atoms. The molecule has 1 aliphatic heterocycles. The largest absolute Gasteiger partial charge is 0.379 e. The number of hydrogen-bond acceptors (Lipinski definition) is 2. The first-order valence-electron chi connectivity index (χ1n) is 4.00. The van der Waals surface area contributed by atoms with E-state index in [4.69, 9.17) is 0 Å². The molecule has 0 amide bonds. The molecular formula is C8H15NS. The highest BCUT2D eigenvalue weighted by Crippen LogP contribution is 2.18. The molecule has 0 atom stereocenters. The summed E-state index contributed by atoms with van der Waals surface area (Å²) in [5.41, 5.74) is 0. The average molecular weight is 157 g/mol. The Kier molecular flexibility index (Phi) is 3.73. The van der Waals surface area contributed by atoms with Gasteiger partial charge < -0.3 is 5.32 Å². The maximum absolute atomic E-state index is 3.34. The number of rotatable bonds is 3. The Morgan fingerprint density at radius 2 is 2.60 bits per heavy atom. The van der Waals surface area contributed by atoms with Crippen LogP contribution < -0.4 is 5.32 Å². The molecule has 2 heteroatoms. The summed E-state index contributed by atoms with van der Waals surface area (Å²) in [7, 11) is 0. The minimum atomic E-state index is 1.16. The Morgan fingerprint density at radius 1 is 1.70 bits per heavy atom. The van der Waals surface area contributed by atoms with Gasteiger partial charge in [-0.1, -0.05) is 19.4 Å². The molecule has 1 nitrogen and oxygen atoms in total. The van der Waals surface area contributed by atoms with Crippen molar-refractivity contribution in [3.05, 3.63) is 11.1 Å². The van der Waals surface area contributed by atoms with Crippen LogP contribution in [-0.4, -0.2) is 12.3 Å². The molecule has 1 fully saturated rings. The van der Waals surface area contributed by atoms with Gasteiger partial charge in [0.05, 0.1) is 5.03 Å². The van der Waals surface area contributed by atoms with Crippen molar-refractivity contribution in [2.45, 2.75) is 26.2 Å². The lowest BCUT2D eigenvalue weighted by Crippen LogP contribution is -2.03. The van der Waals surface area contributed by atoms with E-state index in [9.17, 15) is 0 Å². The van der Waals surface area contributed by atoms with Gasteiger partial charge in [0.25, 0.3) is 0 Å². The summed E-state index contributed by atoms with van der Waals surface area (Å²) in [6.45, 7) is 3.39. The van der Waals surface area contributed by atoms with Crippen LogP contribution in [0.3, 0.4) is 0 Å². The predicted molar refractivity (Wildman–Crippen MR) is 48.1 cm³/mol. The van der Waals surface area contributed by atoms with Gasteiger partial charge in [-0.25, -0.2) is 0 Å². The van der Waals surface area contributed by atoms with Crippen LogP contribution in [0.2, 0.25) is 0 Å². The van der Waals surface area contributed by atoms with Crippen LogP contribution in [-0.2, 0) is 0 Å². The van der Waals surface area contributed by atoms with Crippen molar-refractivity contribution < 1.29 is 0 Å². The maximum atomic E-state index is 3.34. The molecule has 1 rings (SSSR count). The van der Waals surface area contributed by atoms with Gasteiger partial charge in [-0.2, -0.15) is 0 Å². The minimum Gasteiger partial charge on any atom is -0.379 e. The summed E-state index contributed by atoms with van der Waals surface area (Å²) in [4.78, 5) is 0. The van der Waals surface area contributed by atoms with Crippen molar-refractivity contribution in [1.29, 1.82) is 0 Å². The smallest absolute Gasteiger partial charge is 0.0641 e. The fourth-order valence-electron chi connectivity index (χ4n) is 0.955. The fraction of sp³-hybridized carbons (Fsp3) is 0.750. The molecule has 0 aliphatic carbocycles. The number of allylic oxidation sites excluding steroid dienone is 1. The highest BCUT2D eigenvalue weighted by atomic mass is 32.2. The fourth-order valence-corrected chi connectivity index (χ4v) is 1.82. The molecule has 58 valence electrons. The van der Waals surface area contributed by atoms with Gasteiger partial charge in [0.1, 0.15) is 0 Å². The standard InChI is InChI=1S/C8H15NS/c1-2-3-4-5-8-9-6-7-10-8/h5,9H,2-4,6-7H2,1H3. The van der Waals surface area contributed by atoms with Crippen LogP contribution in [0.5, 0.6) is 0 Å². The monoisotopic (exact) mass is 157 g/mol. The third-order valence-corrected chi connectivity index (χ3v) is 2.58. The van der Waals surface area contributed by atoms with E-state index in [2.05, 4.69) is 18.3 Å². The van der Waals surface area contributed by atoms with E-state index in [0.717, 1.165) is 6.54 Å². The molecule has 1 heterocycles. The Bertz CT molecular complexity index is 112. The molecule has 10 heavy (non-hydrogen) atoms. The second-order valence-corrected chi connectivity index (χ2v) is 3.62. The maximum Gasteiger partial charge on any atom is 0.0641 e. The minimum absolute atomic E-state index is 1.16. The zero-order valence-electron chi connectivity index (χ0n) is 6.52. The lowest BCUT2D eigenvalue weighted by atomic mass is 10.2. The molecule has 0 radical (unpaired) electrons. The van der Waals surface area contributed by atoms with E-state index in [1.165, 1.54) is 30.0 Å². The number of nitrogens with one attached hydrogen (secondary N) is 1. The van der Waals surface area contributed by atoms with E-state index < -0.39 is 0 Å². The third-order valence-electron chi connectivity index (χ3n) is 1.55. The highest BCUT2D eigenvalue weighted by molar-refractivity contribution is 8.03. The lowest BCUT2D eigenvalue weighted by Gasteiger charge is -1.95. The summed E-state index contributed by atoms with van der Waals surface area (Å²) in [6.07, 6.45) is 6.19. The van der Waals surface area contributed by atoms with Crippen LogP contribution in [0.15, 0.2) is 11.1 Å². The van der Waals surface area contributed by atoms with Crippen molar-refractivity contribution in [3.8, 4) is 0 Å². The van der Waals surface area contributed by atoms with Crippen molar-refractivity contribution in [3.63, 3.8) is 0 Å². The third kappa shape index (κ3) is 2.65. The first kappa shape index (κ1) is 7.99. The van der Waals surface area contributed by atoms with E-state index >= 15 is 0 Å². The van der Waals surface area contributed by atoms with Crippen LogP contribution >= 0.6 is 11.8 Å². The summed E-state index contributed by atoms with van der Waals surface area (Å²) in [5.74, 6) is 1.25. The average Bonchev–Trinajstić information content (AvgIpc) is 2.41. The molecule has 0 aromatic heterocycles. The lowest BCUT2D eigenvalue weighted by molar-refractivity contribution is 0.807. The molecule has 0 saturated carbocycles. The SMILES string of the molecule is CCCCC=C1NCCS1. The van der Waals surface area contributed by atoms with Crippen LogP contribution in [0.1, 0.15) is 26.2 Å². The molecule has 1 aliphatic rings. The quantitative estimate of drug-likeness (QED) is 0.631. The zero-order valence-corrected chi connectivity index (χ0v) is 7.34. The van der Waals surface area contributed by atoms with Crippen LogP contribution in [0.4, 0.5) is 0 Å². The van der Waals surface area contributed by atoms with E-state index in [-0.39, 0.29) is 0 Å². The van der Waals surface area contributed by atoms with Crippen molar-refractivity contribution >= 4 is 11.8 Å². The Hall–Kier alpha value is -0.110. The molecule has 1 N–H and O–H groups in total. The first-order valence-corrected chi connectivity index (χ1v) is 4.99. The highest BCUT2D eigenvalue weighted by Gasteiger charge is 2.03. The van der Waals surface area contributed by atoms with Crippen molar-refractivity contribution in [2.24, 2.45) is 0 Å². The summed E-state index contributed by atoms with van der Waals surface area (Å²) in [5, 5.41) is 4.74. The number of thioether (sulfide) groups is 1. The van der Waals surface area contributed by atoms with Crippen LogP contribution in [0.25, 0.3) is 0 Å². The van der Waals surface area contributed by atoms with Gasteiger partial charge in [0.2, 0.25) is 0 Å². The molecule has 0 aromatic carbocycles. The number of hydrogen-bond donors (Lipinski definition) is 1. The molecule has 0 aromatic rings. The van der Waals surface area contributed by atoms with Crippen molar-refractivity contribution in [2.75, 3.05) is 12.3 Å². The second-order valence-electron chi connectivity index (χ2n) is 2.49. The number of unbranched alkanes of at least 4 members (excludes halogenated alkanes) is 2. The molecule has 0 unspecified atom stereocenters. The first-order chi connectivity index (χ1) is 4.93. The van der Waals surface area contributed by atoms with E-state index in [1.807, 2.05) is 11.8 Å². The van der Waals surface area contributed by atoms with Gasteiger partial charge in [-0.05, 0) is 12.8 Å². The van der Waals surface area contributed by atoms with Gasteiger partial charge in [-0.3, -0.25) is 0 Å².